The van der Waals surface area contributed by atoms with E-state index < -0.39 is 0 Å². The zero-order valence-electron chi connectivity index (χ0n) is 17.6. The van der Waals surface area contributed by atoms with Crippen molar-refractivity contribution in [3.63, 3.8) is 0 Å². The summed E-state index contributed by atoms with van der Waals surface area (Å²) in [6.45, 7) is 8.34. The summed E-state index contributed by atoms with van der Waals surface area (Å²) in [5.41, 5.74) is 5.05. The van der Waals surface area contributed by atoms with Gasteiger partial charge in [0.15, 0.2) is 5.13 Å². The molecule has 158 valence electrons. The van der Waals surface area contributed by atoms with Crippen LogP contribution < -0.4 is 5.32 Å². The molecule has 0 aliphatic heterocycles. The zero-order chi connectivity index (χ0) is 21.7. The van der Waals surface area contributed by atoms with Crippen LogP contribution in [0.2, 0.25) is 0 Å². The highest BCUT2D eigenvalue weighted by Crippen LogP contribution is 2.29. The predicted octanol–water partition coefficient (Wildman–Crippen LogP) is 4.71. The van der Waals surface area contributed by atoms with Gasteiger partial charge in [0.25, 0.3) is 0 Å². The lowest BCUT2D eigenvalue weighted by Gasteiger charge is -2.12. The van der Waals surface area contributed by atoms with Gasteiger partial charge in [0.05, 0.1) is 30.0 Å². The molecule has 8 heteroatoms. The van der Waals surface area contributed by atoms with E-state index in [2.05, 4.69) is 49.3 Å². The van der Waals surface area contributed by atoms with Crippen LogP contribution in [0.1, 0.15) is 36.2 Å². The van der Waals surface area contributed by atoms with Crippen molar-refractivity contribution in [2.24, 2.45) is 0 Å². The highest BCUT2D eigenvalue weighted by Gasteiger charge is 2.14. The second kappa shape index (κ2) is 10.0. The number of benzene rings is 1. The van der Waals surface area contributed by atoms with Gasteiger partial charge in [-0.1, -0.05) is 30.8 Å². The largest absolute Gasteiger partial charge is 0.466 e. The van der Waals surface area contributed by atoms with Gasteiger partial charge in [-0.25, -0.2) is 9.97 Å². The summed E-state index contributed by atoms with van der Waals surface area (Å²) in [5, 5.41) is 7.09. The van der Waals surface area contributed by atoms with Gasteiger partial charge in [0.2, 0.25) is 5.91 Å². The maximum Gasteiger partial charge on any atom is 0.311 e. The molecule has 0 aliphatic rings. The number of amides is 1. The number of fused-ring (bicyclic) bond motifs is 1. The Labute approximate surface area is 184 Å². The molecule has 0 radical (unpaired) electrons. The Bertz CT molecular complexity index is 1080. The van der Waals surface area contributed by atoms with E-state index in [9.17, 15) is 9.59 Å². The molecule has 0 fully saturated rings. The van der Waals surface area contributed by atoms with E-state index in [1.807, 2.05) is 0 Å². The van der Waals surface area contributed by atoms with Gasteiger partial charge in [-0.05, 0) is 49.9 Å². The van der Waals surface area contributed by atoms with Crippen molar-refractivity contribution in [3.05, 3.63) is 46.0 Å². The maximum atomic E-state index is 12.4. The third-order valence-electron chi connectivity index (χ3n) is 4.59. The second-order valence-electron chi connectivity index (χ2n) is 6.86. The number of nitrogens with zero attached hydrogens (tertiary/aromatic N) is 2. The number of hydrogen-bond donors (Lipinski definition) is 1. The lowest BCUT2D eigenvalue weighted by atomic mass is 10.0. The number of pyridine rings is 1. The molecule has 2 heterocycles. The van der Waals surface area contributed by atoms with Crippen molar-refractivity contribution in [2.45, 2.75) is 45.6 Å². The van der Waals surface area contributed by atoms with Crippen LogP contribution >= 0.6 is 23.1 Å². The predicted molar refractivity (Wildman–Crippen MR) is 122 cm³/mol. The molecule has 1 aromatic carbocycles. The molecular weight excluding hydrogens is 418 g/mol. The first-order valence-electron chi connectivity index (χ1n) is 9.83. The SMILES string of the molecule is CCOC(=O)Cc1csc(NC(=O)CSc2nc3c(C)ccc(C)c3cc2CC)n1. The van der Waals surface area contributed by atoms with Gasteiger partial charge < -0.3 is 10.1 Å². The number of aromatic nitrogens is 2. The number of nitrogens with one attached hydrogen (secondary N) is 1. The lowest BCUT2D eigenvalue weighted by molar-refractivity contribution is -0.142. The number of ether oxygens (including phenoxy) is 1. The maximum absolute atomic E-state index is 12.4. The van der Waals surface area contributed by atoms with Crippen LogP contribution in [0, 0.1) is 13.8 Å². The van der Waals surface area contributed by atoms with E-state index in [-0.39, 0.29) is 24.1 Å². The van der Waals surface area contributed by atoms with E-state index in [0.717, 1.165) is 33.5 Å². The van der Waals surface area contributed by atoms with E-state index in [1.54, 1.807) is 12.3 Å². The van der Waals surface area contributed by atoms with Gasteiger partial charge in [0, 0.05) is 10.8 Å². The number of esters is 1. The second-order valence-corrected chi connectivity index (χ2v) is 8.69. The van der Waals surface area contributed by atoms with E-state index in [4.69, 9.17) is 9.72 Å². The lowest BCUT2D eigenvalue weighted by Crippen LogP contribution is -2.14. The summed E-state index contributed by atoms with van der Waals surface area (Å²) in [5.74, 6) is -0.235. The molecule has 0 saturated heterocycles. The molecule has 3 aromatic rings. The number of anilines is 1. The van der Waals surface area contributed by atoms with Gasteiger partial charge in [0.1, 0.15) is 5.03 Å². The minimum atomic E-state index is -0.323. The van der Waals surface area contributed by atoms with Crippen LogP contribution in [0.15, 0.2) is 28.6 Å². The van der Waals surface area contributed by atoms with Gasteiger partial charge in [-0.3, -0.25) is 9.59 Å². The first kappa shape index (κ1) is 22.2. The third-order valence-corrected chi connectivity index (χ3v) is 6.43. The summed E-state index contributed by atoms with van der Waals surface area (Å²) in [6, 6.07) is 6.38. The number of thioether (sulfide) groups is 1. The number of thiazole rings is 1. The molecule has 0 atom stereocenters. The minimum Gasteiger partial charge on any atom is -0.466 e. The van der Waals surface area contributed by atoms with E-state index in [0.29, 0.717) is 17.4 Å². The smallest absolute Gasteiger partial charge is 0.311 e. The average Bonchev–Trinajstić information content (AvgIpc) is 3.15. The third kappa shape index (κ3) is 5.37. The van der Waals surface area contributed by atoms with Crippen molar-refractivity contribution in [1.82, 2.24) is 9.97 Å². The molecule has 0 spiro atoms. The normalized spacial score (nSPS) is 10.9. The Kier molecular flexibility index (Phi) is 7.44. The zero-order valence-corrected chi connectivity index (χ0v) is 19.2. The number of carbonyl (C=O) groups is 2. The topological polar surface area (TPSA) is 81.2 Å². The summed E-state index contributed by atoms with van der Waals surface area (Å²) in [6.07, 6.45) is 0.957. The van der Waals surface area contributed by atoms with Crippen LogP contribution in [0.3, 0.4) is 0 Å². The fourth-order valence-electron chi connectivity index (χ4n) is 3.03. The molecule has 6 nitrogen and oxygen atoms in total. The number of rotatable bonds is 8. The summed E-state index contributed by atoms with van der Waals surface area (Å²) in [7, 11) is 0. The van der Waals surface area contributed by atoms with Crippen LogP contribution in [-0.2, 0) is 27.2 Å². The summed E-state index contributed by atoms with van der Waals surface area (Å²) < 4.78 is 4.92. The molecule has 0 unspecified atom stereocenters. The average molecular weight is 444 g/mol. The molecular formula is C22H25N3O3S2. The Morgan fingerprint density at radius 1 is 1.17 bits per heavy atom. The first-order valence-corrected chi connectivity index (χ1v) is 11.7. The summed E-state index contributed by atoms with van der Waals surface area (Å²) >= 11 is 2.73. The summed E-state index contributed by atoms with van der Waals surface area (Å²) in [4.78, 5) is 33.1. The van der Waals surface area contributed by atoms with Crippen LogP contribution in [-0.4, -0.2) is 34.2 Å². The number of hydrogen-bond acceptors (Lipinski definition) is 7. The highest BCUT2D eigenvalue weighted by molar-refractivity contribution is 8.00. The Morgan fingerprint density at radius 3 is 2.67 bits per heavy atom. The quantitative estimate of drug-likeness (QED) is 0.401. The fourth-order valence-corrected chi connectivity index (χ4v) is 4.64. The van der Waals surface area contributed by atoms with Crippen molar-refractivity contribution >= 4 is 51.0 Å². The van der Waals surface area contributed by atoms with Crippen LogP contribution in [0.4, 0.5) is 5.13 Å². The molecule has 0 bridgehead atoms. The molecule has 1 N–H and O–H groups in total. The Morgan fingerprint density at radius 2 is 1.93 bits per heavy atom. The van der Waals surface area contributed by atoms with Crippen molar-refractivity contribution < 1.29 is 14.3 Å². The minimum absolute atomic E-state index is 0.106. The Hall–Kier alpha value is -2.45. The van der Waals surface area contributed by atoms with Crippen molar-refractivity contribution in [1.29, 1.82) is 0 Å². The van der Waals surface area contributed by atoms with E-state index >= 15 is 0 Å². The first-order chi connectivity index (χ1) is 14.4. The highest BCUT2D eigenvalue weighted by atomic mass is 32.2. The number of carbonyl (C=O) groups excluding carboxylic acids is 2. The molecule has 0 saturated carbocycles. The van der Waals surface area contributed by atoms with Crippen molar-refractivity contribution in [2.75, 3.05) is 17.7 Å². The standard InChI is InChI=1S/C22H25N3O3S2/c1-5-15-9-17-13(3)7-8-14(4)20(17)25-21(15)29-12-18(26)24-22-23-16(11-30-22)10-19(27)28-6-2/h7-9,11H,5-6,10,12H2,1-4H3,(H,23,24,26). The van der Waals surface area contributed by atoms with Gasteiger partial charge in [-0.2, -0.15) is 0 Å². The van der Waals surface area contributed by atoms with Crippen molar-refractivity contribution in [3.8, 4) is 0 Å². The Balaban J connectivity index is 1.66. The molecule has 1 amide bonds. The van der Waals surface area contributed by atoms with Crippen LogP contribution in [0.5, 0.6) is 0 Å². The monoisotopic (exact) mass is 443 g/mol. The van der Waals surface area contributed by atoms with Crippen LogP contribution in [0.25, 0.3) is 10.9 Å². The van der Waals surface area contributed by atoms with Gasteiger partial charge in [-0.15, -0.1) is 11.3 Å². The fraction of sp³-hybridized carbons (Fsp3) is 0.364. The number of aryl methyl sites for hydroxylation is 3. The molecule has 30 heavy (non-hydrogen) atoms. The van der Waals surface area contributed by atoms with Gasteiger partial charge >= 0.3 is 5.97 Å². The molecule has 3 rings (SSSR count). The van der Waals surface area contributed by atoms with E-state index in [1.165, 1.54) is 28.7 Å². The molecule has 0 aliphatic carbocycles. The molecule has 2 aromatic heterocycles.